The predicted octanol–water partition coefficient (Wildman–Crippen LogP) is 8.33. The molecule has 0 unspecified atom stereocenters. The van der Waals surface area contributed by atoms with Crippen molar-refractivity contribution >= 4 is 0 Å². The molecule has 0 amide bonds. The fourth-order valence-corrected chi connectivity index (χ4v) is 5.87. The van der Waals surface area contributed by atoms with Gasteiger partial charge in [-0.05, 0) is 58.4 Å². The van der Waals surface area contributed by atoms with E-state index in [9.17, 15) is 0 Å². The van der Waals surface area contributed by atoms with Crippen LogP contribution in [0.25, 0.3) is 22.3 Å². The number of aryl methyl sites for hydroxylation is 2. The molecule has 0 fully saturated rings. The van der Waals surface area contributed by atoms with E-state index in [0.717, 1.165) is 0 Å². The van der Waals surface area contributed by atoms with Gasteiger partial charge in [0, 0.05) is 0 Å². The quantitative estimate of drug-likeness (QED) is 0.269. The van der Waals surface area contributed by atoms with E-state index in [1.54, 1.807) is 0 Å². The minimum absolute atomic E-state index is 0.372. The van der Waals surface area contributed by atoms with E-state index in [1.807, 2.05) is 0 Å². The third-order valence-electron chi connectivity index (χ3n) is 7.01. The number of hydrogen-bond donors (Lipinski definition) is 0. The molecular weight excluding hydrogens is 396 g/mol. The van der Waals surface area contributed by atoms with Crippen molar-refractivity contribution in [2.45, 2.75) is 19.3 Å². The summed E-state index contributed by atoms with van der Waals surface area (Å²) >= 11 is 0. The lowest BCUT2D eigenvalue weighted by Crippen LogP contribution is -2.29. The van der Waals surface area contributed by atoms with Crippen molar-refractivity contribution in [1.29, 1.82) is 0 Å². The Morgan fingerprint density at radius 1 is 0.455 bits per heavy atom. The van der Waals surface area contributed by atoms with Crippen LogP contribution in [0.1, 0.15) is 33.4 Å². The Morgan fingerprint density at radius 3 is 1.61 bits per heavy atom. The van der Waals surface area contributed by atoms with E-state index >= 15 is 0 Å². The molecule has 0 saturated heterocycles. The van der Waals surface area contributed by atoms with Crippen LogP contribution in [0.5, 0.6) is 0 Å². The van der Waals surface area contributed by atoms with E-state index in [1.165, 1.54) is 55.6 Å². The van der Waals surface area contributed by atoms with Gasteiger partial charge in [0.05, 0.1) is 5.41 Å². The highest BCUT2D eigenvalue weighted by molar-refractivity contribution is 5.92. The summed E-state index contributed by atoms with van der Waals surface area (Å²) in [4.78, 5) is 0. The Labute approximate surface area is 196 Å². The first-order valence-electron chi connectivity index (χ1n) is 11.6. The van der Waals surface area contributed by atoms with Crippen molar-refractivity contribution in [3.63, 3.8) is 0 Å². The van der Waals surface area contributed by atoms with Gasteiger partial charge in [-0.1, -0.05) is 132 Å². The number of rotatable bonds is 3. The zero-order chi connectivity index (χ0) is 22.4. The SMILES string of the molecule is Cc1cc(C)cc(-c2cccc3c2C(c2ccccc2)(c2ccccc2)c2ccccc2-3)c1. The van der Waals surface area contributed by atoms with Crippen molar-refractivity contribution in [3.8, 4) is 22.3 Å². The molecule has 0 nitrogen and oxygen atoms in total. The molecule has 1 aliphatic rings. The molecule has 0 radical (unpaired) electrons. The molecule has 5 aromatic carbocycles. The zero-order valence-corrected chi connectivity index (χ0v) is 19.0. The molecule has 0 spiro atoms. The first-order valence-corrected chi connectivity index (χ1v) is 11.6. The molecule has 0 heteroatoms. The Hall–Kier alpha value is -3.90. The average molecular weight is 423 g/mol. The van der Waals surface area contributed by atoms with Gasteiger partial charge in [-0.2, -0.15) is 0 Å². The van der Waals surface area contributed by atoms with Crippen LogP contribution >= 0.6 is 0 Å². The molecule has 0 N–H and O–H groups in total. The van der Waals surface area contributed by atoms with Gasteiger partial charge in [0.15, 0.2) is 0 Å². The summed E-state index contributed by atoms with van der Waals surface area (Å²) < 4.78 is 0. The number of benzene rings is 5. The van der Waals surface area contributed by atoms with Crippen molar-refractivity contribution in [2.24, 2.45) is 0 Å². The van der Waals surface area contributed by atoms with Crippen LogP contribution < -0.4 is 0 Å². The molecule has 0 heterocycles. The molecule has 0 saturated carbocycles. The van der Waals surface area contributed by atoms with E-state index < -0.39 is 0 Å². The molecule has 0 atom stereocenters. The minimum atomic E-state index is -0.372. The topological polar surface area (TPSA) is 0 Å². The Kier molecular flexibility index (Phi) is 4.55. The molecule has 0 aliphatic heterocycles. The van der Waals surface area contributed by atoms with Crippen LogP contribution in [-0.4, -0.2) is 0 Å². The maximum Gasteiger partial charge on any atom is 0.0719 e. The Bertz CT molecular complexity index is 1400. The number of hydrogen-bond acceptors (Lipinski definition) is 0. The normalized spacial score (nSPS) is 13.4. The summed E-state index contributed by atoms with van der Waals surface area (Å²) in [5.41, 5.74) is 12.8. The van der Waals surface area contributed by atoms with Gasteiger partial charge in [-0.25, -0.2) is 0 Å². The second-order valence-corrected chi connectivity index (χ2v) is 9.13. The monoisotopic (exact) mass is 422 g/mol. The summed E-state index contributed by atoms with van der Waals surface area (Å²) in [6, 6.07) is 44.7. The lowest BCUT2D eigenvalue weighted by molar-refractivity contribution is 0.770. The van der Waals surface area contributed by atoms with E-state index in [4.69, 9.17) is 0 Å². The van der Waals surface area contributed by atoms with Gasteiger partial charge in [-0.15, -0.1) is 0 Å². The molecule has 33 heavy (non-hydrogen) atoms. The maximum absolute atomic E-state index is 2.33. The van der Waals surface area contributed by atoms with E-state index in [-0.39, 0.29) is 5.41 Å². The molecular formula is C33H26. The highest BCUT2D eigenvalue weighted by Crippen LogP contribution is 2.58. The summed E-state index contributed by atoms with van der Waals surface area (Å²) in [6.07, 6.45) is 0. The lowest BCUT2D eigenvalue weighted by atomic mass is 9.66. The highest BCUT2D eigenvalue weighted by Gasteiger charge is 2.47. The Morgan fingerprint density at radius 2 is 0.970 bits per heavy atom. The number of fused-ring (bicyclic) bond motifs is 3. The van der Waals surface area contributed by atoms with Crippen LogP contribution in [0, 0.1) is 13.8 Å². The Balaban J connectivity index is 1.81. The van der Waals surface area contributed by atoms with Crippen molar-refractivity contribution in [3.05, 3.63) is 155 Å². The largest absolute Gasteiger partial charge is 0.0719 e. The van der Waals surface area contributed by atoms with Crippen molar-refractivity contribution in [1.82, 2.24) is 0 Å². The van der Waals surface area contributed by atoms with Crippen LogP contribution in [0.2, 0.25) is 0 Å². The highest BCUT2D eigenvalue weighted by atomic mass is 14.5. The van der Waals surface area contributed by atoms with Crippen molar-refractivity contribution < 1.29 is 0 Å². The van der Waals surface area contributed by atoms with Crippen molar-refractivity contribution in [2.75, 3.05) is 0 Å². The second kappa shape index (κ2) is 7.60. The second-order valence-electron chi connectivity index (χ2n) is 9.13. The van der Waals surface area contributed by atoms with Gasteiger partial charge >= 0.3 is 0 Å². The fourth-order valence-electron chi connectivity index (χ4n) is 5.87. The van der Waals surface area contributed by atoms with Gasteiger partial charge in [-0.3, -0.25) is 0 Å². The molecule has 0 aromatic heterocycles. The third-order valence-corrected chi connectivity index (χ3v) is 7.01. The molecule has 5 aromatic rings. The van der Waals surface area contributed by atoms with Crippen LogP contribution in [-0.2, 0) is 5.41 Å². The van der Waals surface area contributed by atoms with Gasteiger partial charge in [0.25, 0.3) is 0 Å². The van der Waals surface area contributed by atoms with E-state index in [0.29, 0.717) is 0 Å². The third kappa shape index (κ3) is 2.91. The first kappa shape index (κ1) is 19.8. The maximum atomic E-state index is 2.33. The van der Waals surface area contributed by atoms with Crippen LogP contribution in [0.3, 0.4) is 0 Å². The smallest absolute Gasteiger partial charge is 0.0622 e. The minimum Gasteiger partial charge on any atom is -0.0622 e. The molecule has 6 rings (SSSR count). The summed E-state index contributed by atoms with van der Waals surface area (Å²) in [5, 5.41) is 0. The molecule has 158 valence electrons. The van der Waals surface area contributed by atoms with Gasteiger partial charge in [0.2, 0.25) is 0 Å². The summed E-state index contributed by atoms with van der Waals surface area (Å²) in [7, 11) is 0. The standard InChI is InChI=1S/C33H26/c1-23-20-24(2)22-25(21-23)28-17-11-18-30-29-16-9-10-19-31(29)33(32(28)30,26-12-5-3-6-13-26)27-14-7-4-8-15-27/h3-22H,1-2H3. The lowest BCUT2D eigenvalue weighted by Gasteiger charge is -2.35. The molecule has 0 bridgehead atoms. The van der Waals surface area contributed by atoms with Gasteiger partial charge in [0.1, 0.15) is 0 Å². The first-order chi connectivity index (χ1) is 16.2. The predicted molar refractivity (Wildman–Crippen MR) is 139 cm³/mol. The van der Waals surface area contributed by atoms with Crippen LogP contribution in [0.4, 0.5) is 0 Å². The zero-order valence-electron chi connectivity index (χ0n) is 19.0. The summed E-state index contributed by atoms with van der Waals surface area (Å²) in [6.45, 7) is 4.38. The average Bonchev–Trinajstić information content (AvgIpc) is 3.16. The van der Waals surface area contributed by atoms with Crippen LogP contribution in [0.15, 0.2) is 121 Å². The molecule has 1 aliphatic carbocycles. The van der Waals surface area contributed by atoms with E-state index in [2.05, 4.69) is 135 Å². The summed E-state index contributed by atoms with van der Waals surface area (Å²) in [5.74, 6) is 0. The fraction of sp³-hybridized carbons (Fsp3) is 0.0909. The van der Waals surface area contributed by atoms with Gasteiger partial charge < -0.3 is 0 Å².